The molecule has 1 aliphatic heterocycles. The SMILES string of the molecule is O=C(c1ccccc1)N1CCOc2ccc(Cl)cc21. The zero-order chi connectivity index (χ0) is 13.2. The molecule has 1 aliphatic rings. The minimum absolute atomic E-state index is 0.0348. The van der Waals surface area contributed by atoms with Gasteiger partial charge < -0.3 is 9.64 Å². The summed E-state index contributed by atoms with van der Waals surface area (Å²) < 4.78 is 5.54. The maximum atomic E-state index is 12.5. The van der Waals surface area contributed by atoms with Crippen molar-refractivity contribution in [3.63, 3.8) is 0 Å². The molecule has 3 rings (SSSR count). The highest BCUT2D eigenvalue weighted by molar-refractivity contribution is 6.31. The number of nitrogens with zero attached hydrogens (tertiary/aromatic N) is 1. The first-order chi connectivity index (χ1) is 9.25. The first kappa shape index (κ1) is 12.1. The number of benzene rings is 2. The Morgan fingerprint density at radius 2 is 1.95 bits per heavy atom. The minimum Gasteiger partial charge on any atom is -0.490 e. The lowest BCUT2D eigenvalue weighted by molar-refractivity contribution is 0.0976. The highest BCUT2D eigenvalue weighted by atomic mass is 35.5. The molecule has 0 N–H and O–H groups in total. The summed E-state index contributed by atoms with van der Waals surface area (Å²) in [6, 6.07) is 14.5. The highest BCUT2D eigenvalue weighted by Crippen LogP contribution is 2.34. The Balaban J connectivity index is 2.00. The van der Waals surface area contributed by atoms with Crippen molar-refractivity contribution >= 4 is 23.2 Å². The lowest BCUT2D eigenvalue weighted by Gasteiger charge is -2.29. The third-order valence-corrected chi connectivity index (χ3v) is 3.29. The lowest BCUT2D eigenvalue weighted by atomic mass is 10.1. The molecule has 0 aromatic heterocycles. The smallest absolute Gasteiger partial charge is 0.258 e. The Morgan fingerprint density at radius 1 is 1.16 bits per heavy atom. The fourth-order valence-electron chi connectivity index (χ4n) is 2.14. The van der Waals surface area contributed by atoms with E-state index in [9.17, 15) is 4.79 Å². The third kappa shape index (κ3) is 2.29. The van der Waals surface area contributed by atoms with E-state index in [4.69, 9.17) is 16.3 Å². The number of hydrogen-bond acceptors (Lipinski definition) is 2. The van der Waals surface area contributed by atoms with E-state index in [1.807, 2.05) is 30.3 Å². The quantitative estimate of drug-likeness (QED) is 0.797. The van der Waals surface area contributed by atoms with Crippen molar-refractivity contribution < 1.29 is 9.53 Å². The first-order valence-corrected chi connectivity index (χ1v) is 6.43. The van der Waals surface area contributed by atoms with E-state index < -0.39 is 0 Å². The molecule has 2 aromatic rings. The Kier molecular flexibility index (Phi) is 3.13. The number of ether oxygens (including phenoxy) is 1. The van der Waals surface area contributed by atoms with Gasteiger partial charge in [0.05, 0.1) is 12.2 Å². The van der Waals surface area contributed by atoms with Crippen LogP contribution in [0.1, 0.15) is 10.4 Å². The van der Waals surface area contributed by atoms with Crippen molar-refractivity contribution in [1.29, 1.82) is 0 Å². The number of anilines is 1. The second-order valence-electron chi connectivity index (χ2n) is 4.28. The van der Waals surface area contributed by atoms with Crippen molar-refractivity contribution in [3.8, 4) is 5.75 Å². The fourth-order valence-corrected chi connectivity index (χ4v) is 2.30. The van der Waals surface area contributed by atoms with Crippen molar-refractivity contribution in [2.45, 2.75) is 0 Å². The molecule has 0 fully saturated rings. The number of halogens is 1. The summed E-state index contributed by atoms with van der Waals surface area (Å²) in [4.78, 5) is 14.2. The molecule has 1 amide bonds. The van der Waals surface area contributed by atoms with Crippen LogP contribution < -0.4 is 9.64 Å². The molecule has 96 valence electrons. The predicted octanol–water partition coefficient (Wildman–Crippen LogP) is 3.38. The molecule has 4 heteroatoms. The van der Waals surface area contributed by atoms with E-state index in [0.717, 1.165) is 5.69 Å². The van der Waals surface area contributed by atoms with Gasteiger partial charge in [-0.1, -0.05) is 29.8 Å². The Morgan fingerprint density at radius 3 is 2.74 bits per heavy atom. The van der Waals surface area contributed by atoms with Gasteiger partial charge in [0.2, 0.25) is 0 Å². The van der Waals surface area contributed by atoms with Gasteiger partial charge in [-0.3, -0.25) is 4.79 Å². The maximum Gasteiger partial charge on any atom is 0.258 e. The summed E-state index contributed by atoms with van der Waals surface area (Å²) in [5.41, 5.74) is 1.39. The molecule has 3 nitrogen and oxygen atoms in total. The van der Waals surface area contributed by atoms with Gasteiger partial charge >= 0.3 is 0 Å². The zero-order valence-corrected chi connectivity index (χ0v) is 10.9. The van der Waals surface area contributed by atoms with Gasteiger partial charge in [-0.25, -0.2) is 0 Å². The van der Waals surface area contributed by atoms with Crippen molar-refractivity contribution in [1.82, 2.24) is 0 Å². The van der Waals surface area contributed by atoms with Crippen LogP contribution in [0.4, 0.5) is 5.69 Å². The second-order valence-corrected chi connectivity index (χ2v) is 4.72. The number of carbonyl (C=O) groups excluding carboxylic acids is 1. The molecular weight excluding hydrogens is 262 g/mol. The Hall–Kier alpha value is -2.00. The van der Waals surface area contributed by atoms with Crippen molar-refractivity contribution in [3.05, 3.63) is 59.1 Å². The van der Waals surface area contributed by atoms with Crippen molar-refractivity contribution in [2.24, 2.45) is 0 Å². The third-order valence-electron chi connectivity index (χ3n) is 3.05. The molecule has 1 heterocycles. The second kappa shape index (κ2) is 4.94. The summed E-state index contributed by atoms with van der Waals surface area (Å²) in [6.45, 7) is 1.02. The Labute approximate surface area is 116 Å². The molecule has 0 unspecified atom stereocenters. The average Bonchev–Trinajstić information content (AvgIpc) is 2.47. The van der Waals surface area contributed by atoms with Gasteiger partial charge in [0.15, 0.2) is 0 Å². The molecule has 0 aliphatic carbocycles. The van der Waals surface area contributed by atoms with E-state index >= 15 is 0 Å². The fraction of sp³-hybridized carbons (Fsp3) is 0.133. The van der Waals surface area contributed by atoms with Gasteiger partial charge in [-0.2, -0.15) is 0 Å². The lowest BCUT2D eigenvalue weighted by Crippen LogP contribution is -2.37. The number of carbonyl (C=O) groups is 1. The summed E-state index contributed by atoms with van der Waals surface area (Å²) in [5.74, 6) is 0.660. The largest absolute Gasteiger partial charge is 0.490 e. The molecule has 19 heavy (non-hydrogen) atoms. The van der Waals surface area contributed by atoms with Crippen LogP contribution in [0.25, 0.3) is 0 Å². The van der Waals surface area contributed by atoms with E-state index in [1.54, 1.807) is 23.1 Å². The standard InChI is InChI=1S/C15H12ClNO2/c16-12-6-7-14-13(10-12)17(8-9-19-14)15(18)11-4-2-1-3-5-11/h1-7,10H,8-9H2. The van der Waals surface area contributed by atoms with E-state index in [2.05, 4.69) is 0 Å². The van der Waals surface area contributed by atoms with Crippen LogP contribution in [0.2, 0.25) is 5.02 Å². The monoisotopic (exact) mass is 273 g/mol. The Bertz CT molecular complexity index is 613. The van der Waals surface area contributed by atoms with E-state index in [1.165, 1.54) is 0 Å². The van der Waals surface area contributed by atoms with Crippen LogP contribution >= 0.6 is 11.6 Å². The van der Waals surface area contributed by atoms with E-state index in [0.29, 0.717) is 29.5 Å². The van der Waals surface area contributed by atoms with Crippen LogP contribution in [0.15, 0.2) is 48.5 Å². The first-order valence-electron chi connectivity index (χ1n) is 6.05. The van der Waals surface area contributed by atoms with Crippen LogP contribution in [-0.2, 0) is 0 Å². The molecule has 0 saturated carbocycles. The van der Waals surface area contributed by atoms with Gasteiger partial charge in [0.1, 0.15) is 12.4 Å². The summed E-state index contributed by atoms with van der Waals surface area (Å²) in [5, 5.41) is 0.593. The molecule has 0 saturated heterocycles. The minimum atomic E-state index is -0.0348. The van der Waals surface area contributed by atoms with E-state index in [-0.39, 0.29) is 5.91 Å². The van der Waals surface area contributed by atoms with Gasteiger partial charge in [0.25, 0.3) is 5.91 Å². The van der Waals surface area contributed by atoms with Crippen LogP contribution in [0.5, 0.6) is 5.75 Å². The van der Waals surface area contributed by atoms with Gasteiger partial charge in [-0.15, -0.1) is 0 Å². The molecule has 0 atom stereocenters. The van der Waals surface area contributed by atoms with Crippen LogP contribution in [0.3, 0.4) is 0 Å². The predicted molar refractivity (Wildman–Crippen MR) is 75.1 cm³/mol. The van der Waals surface area contributed by atoms with Gasteiger partial charge in [0, 0.05) is 10.6 Å². The normalized spacial score (nSPS) is 13.6. The average molecular weight is 274 g/mol. The van der Waals surface area contributed by atoms with Gasteiger partial charge in [-0.05, 0) is 30.3 Å². The topological polar surface area (TPSA) is 29.5 Å². The highest BCUT2D eigenvalue weighted by Gasteiger charge is 2.24. The molecule has 2 aromatic carbocycles. The molecule has 0 bridgehead atoms. The number of amides is 1. The molecule has 0 radical (unpaired) electrons. The van der Waals surface area contributed by atoms with Crippen LogP contribution in [0, 0.1) is 0 Å². The summed E-state index contributed by atoms with van der Waals surface area (Å²) in [7, 11) is 0. The molecular formula is C15H12ClNO2. The summed E-state index contributed by atoms with van der Waals surface area (Å²) >= 11 is 6.00. The zero-order valence-electron chi connectivity index (χ0n) is 10.2. The van der Waals surface area contributed by atoms with Crippen molar-refractivity contribution in [2.75, 3.05) is 18.1 Å². The molecule has 0 spiro atoms. The number of fused-ring (bicyclic) bond motifs is 1. The summed E-state index contributed by atoms with van der Waals surface area (Å²) in [6.07, 6.45) is 0. The maximum absolute atomic E-state index is 12.5. The number of rotatable bonds is 1. The van der Waals surface area contributed by atoms with Crippen LogP contribution in [-0.4, -0.2) is 19.1 Å². The number of hydrogen-bond donors (Lipinski definition) is 0.